The summed E-state index contributed by atoms with van der Waals surface area (Å²) >= 11 is 0. The first-order valence-electron chi connectivity index (χ1n) is 9.21. The van der Waals surface area contributed by atoms with E-state index >= 15 is 0 Å². The van der Waals surface area contributed by atoms with Crippen LogP contribution in [-0.4, -0.2) is 62.0 Å². The number of likely N-dealkylation sites (tertiary alicyclic amines) is 1. The number of halogens is 2. The molecule has 1 spiro atoms. The third kappa shape index (κ3) is 5.08. The number of nitrogens with one attached hydrogen (secondary N) is 1. The van der Waals surface area contributed by atoms with Crippen LogP contribution in [0.25, 0.3) is 0 Å². The minimum absolute atomic E-state index is 0.0885. The van der Waals surface area contributed by atoms with Crippen LogP contribution in [0, 0.1) is 0 Å². The minimum Gasteiger partial charge on any atom is -0.347 e. The number of piperidine rings is 1. The van der Waals surface area contributed by atoms with Gasteiger partial charge in [0.1, 0.15) is 0 Å². The molecule has 0 bridgehead atoms. The first-order valence-corrected chi connectivity index (χ1v) is 9.21. The molecule has 2 aliphatic heterocycles. The summed E-state index contributed by atoms with van der Waals surface area (Å²) < 4.78 is 37.0. The second kappa shape index (κ2) is 8.19. The van der Waals surface area contributed by atoms with Crippen molar-refractivity contribution < 1.29 is 18.3 Å². The molecule has 0 aromatic carbocycles. The van der Waals surface area contributed by atoms with E-state index in [1.54, 1.807) is 0 Å². The summed E-state index contributed by atoms with van der Waals surface area (Å²) in [6.07, 6.45) is 6.79. The predicted molar refractivity (Wildman–Crippen MR) is 84.7 cm³/mol. The molecular weight excluding hydrogens is 302 g/mol. The highest BCUT2D eigenvalue weighted by molar-refractivity contribution is 4.84. The lowest BCUT2D eigenvalue weighted by Crippen LogP contribution is -2.46. The molecule has 2 saturated heterocycles. The van der Waals surface area contributed by atoms with Crippen molar-refractivity contribution in [1.82, 2.24) is 10.2 Å². The van der Waals surface area contributed by atoms with Crippen molar-refractivity contribution in [2.45, 2.75) is 75.7 Å². The van der Waals surface area contributed by atoms with Crippen molar-refractivity contribution in [3.63, 3.8) is 0 Å². The van der Waals surface area contributed by atoms with Gasteiger partial charge in [0.15, 0.2) is 5.79 Å². The molecule has 0 unspecified atom stereocenters. The topological polar surface area (TPSA) is 33.7 Å². The Kier molecular flexibility index (Phi) is 6.24. The highest BCUT2D eigenvalue weighted by Gasteiger charge is 2.41. The van der Waals surface area contributed by atoms with Crippen molar-refractivity contribution in [2.75, 3.05) is 32.8 Å². The summed E-state index contributed by atoms with van der Waals surface area (Å²) in [4.78, 5) is 1.86. The lowest BCUT2D eigenvalue weighted by molar-refractivity contribution is -0.175. The van der Waals surface area contributed by atoms with Crippen LogP contribution in [0.1, 0.15) is 51.4 Å². The molecule has 3 rings (SSSR count). The molecule has 1 N–H and O–H groups in total. The lowest BCUT2D eigenvalue weighted by atomic mass is 10.0. The minimum atomic E-state index is -2.22. The van der Waals surface area contributed by atoms with E-state index in [4.69, 9.17) is 9.47 Å². The number of hydrogen-bond donors (Lipinski definition) is 1. The van der Waals surface area contributed by atoms with Crippen molar-refractivity contribution in [1.29, 1.82) is 0 Å². The van der Waals surface area contributed by atoms with E-state index in [1.165, 1.54) is 25.7 Å². The summed E-state index contributed by atoms with van der Waals surface area (Å²) in [5.41, 5.74) is 0. The van der Waals surface area contributed by atoms with Crippen LogP contribution >= 0.6 is 0 Å². The number of nitrogens with zero attached hydrogens (tertiary/aromatic N) is 1. The Hall–Kier alpha value is -0.300. The third-order valence-corrected chi connectivity index (χ3v) is 5.40. The second-order valence-electron chi connectivity index (χ2n) is 7.25. The number of alkyl halides is 2. The van der Waals surface area contributed by atoms with E-state index in [2.05, 4.69) is 5.32 Å². The zero-order chi connectivity index (χ0) is 16.1. The van der Waals surface area contributed by atoms with Crippen LogP contribution < -0.4 is 5.32 Å². The zero-order valence-electron chi connectivity index (χ0n) is 13.9. The molecule has 0 aromatic heterocycles. The van der Waals surface area contributed by atoms with Gasteiger partial charge in [0.25, 0.3) is 6.43 Å². The van der Waals surface area contributed by atoms with Gasteiger partial charge in [-0.05, 0) is 38.8 Å². The summed E-state index contributed by atoms with van der Waals surface area (Å²) in [7, 11) is 0. The fourth-order valence-electron chi connectivity index (χ4n) is 4.06. The summed E-state index contributed by atoms with van der Waals surface area (Å²) in [5, 5.41) is 3.56. The maximum atomic E-state index is 12.4. The van der Waals surface area contributed by atoms with Gasteiger partial charge in [-0.3, -0.25) is 4.90 Å². The highest BCUT2D eigenvalue weighted by atomic mass is 19.3. The second-order valence-corrected chi connectivity index (χ2v) is 7.25. The first-order chi connectivity index (χ1) is 11.2. The molecule has 1 saturated carbocycles. The van der Waals surface area contributed by atoms with Gasteiger partial charge in [-0.2, -0.15) is 0 Å². The SMILES string of the molecule is FC(F)CN1CCC(NC[C@@H]2COC3(CCCCCC3)O2)CC1. The Morgan fingerprint density at radius 1 is 1.09 bits per heavy atom. The van der Waals surface area contributed by atoms with E-state index in [0.29, 0.717) is 12.6 Å². The van der Waals surface area contributed by atoms with Crippen molar-refractivity contribution in [3.05, 3.63) is 0 Å². The third-order valence-electron chi connectivity index (χ3n) is 5.40. The van der Waals surface area contributed by atoms with E-state index in [9.17, 15) is 8.78 Å². The Morgan fingerprint density at radius 2 is 1.78 bits per heavy atom. The summed E-state index contributed by atoms with van der Waals surface area (Å²) in [6, 6.07) is 0.415. The van der Waals surface area contributed by atoms with E-state index in [-0.39, 0.29) is 18.4 Å². The molecule has 0 radical (unpaired) electrons. The van der Waals surface area contributed by atoms with Crippen LogP contribution in [0.2, 0.25) is 0 Å². The first kappa shape index (κ1) is 17.5. The Bertz CT molecular complexity index is 355. The fourth-order valence-corrected chi connectivity index (χ4v) is 4.06. The maximum absolute atomic E-state index is 12.4. The van der Waals surface area contributed by atoms with E-state index in [0.717, 1.165) is 45.3 Å². The molecule has 1 atom stereocenters. The molecule has 4 nitrogen and oxygen atoms in total. The van der Waals surface area contributed by atoms with Crippen LogP contribution in [-0.2, 0) is 9.47 Å². The average molecular weight is 332 g/mol. The standard InChI is InChI=1S/C17H30F2N2O2/c18-16(19)12-21-9-5-14(6-10-21)20-11-15-13-22-17(23-15)7-3-1-2-4-8-17/h14-16,20H,1-13H2/t15-/m1/s1. The van der Waals surface area contributed by atoms with Gasteiger partial charge in [-0.15, -0.1) is 0 Å². The van der Waals surface area contributed by atoms with Crippen LogP contribution in [0.3, 0.4) is 0 Å². The monoisotopic (exact) mass is 332 g/mol. The maximum Gasteiger partial charge on any atom is 0.251 e. The highest BCUT2D eigenvalue weighted by Crippen LogP contribution is 2.36. The van der Waals surface area contributed by atoms with Gasteiger partial charge < -0.3 is 14.8 Å². The smallest absolute Gasteiger partial charge is 0.251 e. The Balaban J connectivity index is 1.35. The largest absolute Gasteiger partial charge is 0.347 e. The van der Waals surface area contributed by atoms with Crippen molar-refractivity contribution >= 4 is 0 Å². The average Bonchev–Trinajstić information content (AvgIpc) is 2.78. The number of ether oxygens (including phenoxy) is 2. The number of rotatable bonds is 5. The molecule has 134 valence electrons. The summed E-state index contributed by atoms with van der Waals surface area (Å²) in [5.74, 6) is -0.316. The lowest BCUT2D eigenvalue weighted by Gasteiger charge is -2.32. The van der Waals surface area contributed by atoms with Gasteiger partial charge in [0.2, 0.25) is 0 Å². The number of hydrogen-bond acceptors (Lipinski definition) is 4. The molecule has 1 aliphatic carbocycles. The normalized spacial score (nSPS) is 30.1. The van der Waals surface area contributed by atoms with Crippen LogP contribution in [0.15, 0.2) is 0 Å². The Labute approximate surface area is 137 Å². The van der Waals surface area contributed by atoms with Crippen LogP contribution in [0.4, 0.5) is 8.78 Å². The molecule has 6 heteroatoms. The molecule has 23 heavy (non-hydrogen) atoms. The van der Waals surface area contributed by atoms with Crippen molar-refractivity contribution in [3.8, 4) is 0 Å². The van der Waals surface area contributed by atoms with Gasteiger partial charge in [0, 0.05) is 25.4 Å². The Morgan fingerprint density at radius 3 is 2.43 bits per heavy atom. The zero-order valence-corrected chi connectivity index (χ0v) is 13.9. The van der Waals surface area contributed by atoms with Crippen molar-refractivity contribution in [2.24, 2.45) is 0 Å². The summed E-state index contributed by atoms with van der Waals surface area (Å²) in [6.45, 7) is 2.91. The van der Waals surface area contributed by atoms with Gasteiger partial charge in [-0.1, -0.05) is 12.8 Å². The molecule has 0 amide bonds. The molecule has 3 fully saturated rings. The molecule has 2 heterocycles. The predicted octanol–water partition coefficient (Wildman–Crippen LogP) is 2.77. The van der Waals surface area contributed by atoms with E-state index in [1.807, 2.05) is 4.90 Å². The molecule has 0 aromatic rings. The molecular formula is C17H30F2N2O2. The van der Waals surface area contributed by atoms with Gasteiger partial charge in [-0.25, -0.2) is 8.78 Å². The quantitative estimate of drug-likeness (QED) is 0.839. The van der Waals surface area contributed by atoms with Gasteiger partial charge in [0.05, 0.1) is 19.3 Å². The van der Waals surface area contributed by atoms with Crippen LogP contribution in [0.5, 0.6) is 0 Å². The molecule has 3 aliphatic rings. The fraction of sp³-hybridized carbons (Fsp3) is 1.00. The van der Waals surface area contributed by atoms with Gasteiger partial charge >= 0.3 is 0 Å². The van der Waals surface area contributed by atoms with E-state index < -0.39 is 6.43 Å².